The van der Waals surface area contributed by atoms with Crippen molar-refractivity contribution in [3.63, 3.8) is 0 Å². The Hall–Kier alpha value is -3.68. The topological polar surface area (TPSA) is 98.3 Å². The van der Waals surface area contributed by atoms with E-state index < -0.39 is 0 Å². The van der Waals surface area contributed by atoms with E-state index in [-0.39, 0.29) is 11.6 Å². The Kier molecular flexibility index (Phi) is 5.78. The number of ether oxygens (including phenoxy) is 2. The highest BCUT2D eigenvalue weighted by atomic mass is 16.5. The second-order valence-electron chi connectivity index (χ2n) is 5.52. The van der Waals surface area contributed by atoms with E-state index in [2.05, 4.69) is 25.6 Å². The van der Waals surface area contributed by atoms with Crippen LogP contribution in [0.15, 0.2) is 55.1 Å². The number of methoxy groups -OCH3 is 2. The van der Waals surface area contributed by atoms with Crippen molar-refractivity contribution < 1.29 is 14.3 Å². The number of carbonyl (C=O) groups is 1. The second-order valence-corrected chi connectivity index (χ2v) is 5.52. The highest BCUT2D eigenvalue weighted by molar-refractivity contribution is 5.93. The number of aromatic nitrogens is 3. The van der Waals surface area contributed by atoms with Gasteiger partial charge in [0.2, 0.25) is 0 Å². The Balaban J connectivity index is 1.73. The number of nitrogens with one attached hydrogen (secondary N) is 2. The molecule has 8 heteroatoms. The standard InChI is InChI=1S/C19H19N5O3/c1-26-14-5-6-17(27-2)15(8-14)24-18-9-16(22-12-23-18)19(25)21-11-13-4-3-7-20-10-13/h3-10,12H,11H2,1-2H3,(H,21,25)(H,22,23,24). The van der Waals surface area contributed by atoms with Crippen molar-refractivity contribution >= 4 is 17.4 Å². The lowest BCUT2D eigenvalue weighted by Gasteiger charge is -2.12. The zero-order chi connectivity index (χ0) is 19.1. The molecule has 0 saturated heterocycles. The summed E-state index contributed by atoms with van der Waals surface area (Å²) in [6, 6.07) is 10.6. The maximum absolute atomic E-state index is 12.4. The predicted molar refractivity (Wildman–Crippen MR) is 100 cm³/mol. The molecule has 0 aliphatic rings. The van der Waals surface area contributed by atoms with E-state index in [1.165, 1.54) is 6.33 Å². The van der Waals surface area contributed by atoms with Crippen LogP contribution < -0.4 is 20.1 Å². The lowest BCUT2D eigenvalue weighted by Crippen LogP contribution is -2.24. The van der Waals surface area contributed by atoms with Crippen LogP contribution in [0.3, 0.4) is 0 Å². The maximum Gasteiger partial charge on any atom is 0.270 e. The summed E-state index contributed by atoms with van der Waals surface area (Å²) in [6.45, 7) is 0.364. The molecule has 0 saturated carbocycles. The summed E-state index contributed by atoms with van der Waals surface area (Å²) in [4.78, 5) is 24.6. The Morgan fingerprint density at radius 3 is 2.74 bits per heavy atom. The van der Waals surface area contributed by atoms with E-state index in [9.17, 15) is 4.79 Å². The van der Waals surface area contributed by atoms with Crippen LogP contribution in [0.25, 0.3) is 0 Å². The predicted octanol–water partition coefficient (Wildman–Crippen LogP) is 2.56. The Labute approximate surface area is 156 Å². The second kappa shape index (κ2) is 8.61. The van der Waals surface area contributed by atoms with Crippen molar-refractivity contribution in [1.82, 2.24) is 20.3 Å². The molecule has 1 amide bonds. The first-order valence-electron chi connectivity index (χ1n) is 8.18. The Morgan fingerprint density at radius 1 is 1.11 bits per heavy atom. The van der Waals surface area contributed by atoms with Crippen LogP contribution in [-0.4, -0.2) is 35.1 Å². The molecule has 2 N–H and O–H groups in total. The number of pyridine rings is 1. The number of anilines is 2. The molecular formula is C19H19N5O3. The van der Waals surface area contributed by atoms with Gasteiger partial charge in [-0.25, -0.2) is 9.97 Å². The fourth-order valence-electron chi connectivity index (χ4n) is 2.38. The maximum atomic E-state index is 12.4. The molecule has 1 aromatic carbocycles. The van der Waals surface area contributed by atoms with E-state index in [1.54, 1.807) is 50.9 Å². The van der Waals surface area contributed by atoms with Gasteiger partial charge in [-0.05, 0) is 23.8 Å². The number of benzene rings is 1. The zero-order valence-corrected chi connectivity index (χ0v) is 15.0. The first-order chi connectivity index (χ1) is 13.2. The van der Waals surface area contributed by atoms with Gasteiger partial charge in [0.25, 0.3) is 5.91 Å². The average molecular weight is 365 g/mol. The van der Waals surface area contributed by atoms with Crippen molar-refractivity contribution in [2.24, 2.45) is 0 Å². The van der Waals surface area contributed by atoms with Crippen LogP contribution >= 0.6 is 0 Å². The third kappa shape index (κ3) is 4.69. The van der Waals surface area contributed by atoms with Gasteiger partial charge in [0.15, 0.2) is 0 Å². The molecule has 3 rings (SSSR count). The number of nitrogens with zero attached hydrogens (tertiary/aromatic N) is 3. The van der Waals surface area contributed by atoms with Gasteiger partial charge in [0.05, 0.1) is 19.9 Å². The van der Waals surface area contributed by atoms with E-state index >= 15 is 0 Å². The molecule has 0 unspecified atom stereocenters. The third-order valence-corrected chi connectivity index (χ3v) is 3.74. The van der Waals surface area contributed by atoms with Crippen molar-refractivity contribution in [1.29, 1.82) is 0 Å². The molecule has 0 bridgehead atoms. The number of hydrogen-bond donors (Lipinski definition) is 2. The molecule has 27 heavy (non-hydrogen) atoms. The SMILES string of the molecule is COc1ccc(OC)c(Nc2cc(C(=O)NCc3cccnc3)ncn2)c1. The van der Waals surface area contributed by atoms with Gasteiger partial charge in [-0.2, -0.15) is 0 Å². The number of rotatable bonds is 7. The van der Waals surface area contributed by atoms with Crippen molar-refractivity contribution in [3.05, 3.63) is 66.4 Å². The van der Waals surface area contributed by atoms with Gasteiger partial charge in [0.1, 0.15) is 29.3 Å². The van der Waals surface area contributed by atoms with Gasteiger partial charge in [-0.3, -0.25) is 9.78 Å². The third-order valence-electron chi connectivity index (χ3n) is 3.74. The smallest absolute Gasteiger partial charge is 0.270 e. The van der Waals surface area contributed by atoms with E-state index in [1.807, 2.05) is 12.1 Å². The fourth-order valence-corrected chi connectivity index (χ4v) is 2.38. The average Bonchev–Trinajstić information content (AvgIpc) is 2.73. The van der Waals surface area contributed by atoms with Crippen LogP contribution in [0.1, 0.15) is 16.1 Å². The summed E-state index contributed by atoms with van der Waals surface area (Å²) >= 11 is 0. The highest BCUT2D eigenvalue weighted by Crippen LogP contribution is 2.30. The van der Waals surface area contributed by atoms with Gasteiger partial charge in [0, 0.05) is 31.1 Å². The molecule has 0 spiro atoms. The lowest BCUT2D eigenvalue weighted by atomic mass is 10.2. The molecule has 2 aromatic heterocycles. The molecule has 0 fully saturated rings. The van der Waals surface area contributed by atoms with Crippen molar-refractivity contribution in [2.75, 3.05) is 19.5 Å². The fraction of sp³-hybridized carbons (Fsp3) is 0.158. The highest BCUT2D eigenvalue weighted by Gasteiger charge is 2.11. The molecule has 2 heterocycles. The largest absolute Gasteiger partial charge is 0.497 e. The minimum atomic E-state index is -0.304. The number of hydrogen-bond acceptors (Lipinski definition) is 7. The van der Waals surface area contributed by atoms with Gasteiger partial charge in [-0.15, -0.1) is 0 Å². The van der Waals surface area contributed by atoms with E-state index in [4.69, 9.17) is 9.47 Å². The van der Waals surface area contributed by atoms with Crippen LogP contribution in [0.2, 0.25) is 0 Å². The van der Waals surface area contributed by atoms with Crippen molar-refractivity contribution in [3.8, 4) is 11.5 Å². The molecule has 0 aliphatic carbocycles. The van der Waals surface area contributed by atoms with Crippen LogP contribution in [0.4, 0.5) is 11.5 Å². The molecular weight excluding hydrogens is 346 g/mol. The summed E-state index contributed by atoms with van der Waals surface area (Å²) in [7, 11) is 3.16. The number of carbonyl (C=O) groups excluding carboxylic acids is 1. The molecule has 0 radical (unpaired) electrons. The molecule has 3 aromatic rings. The molecule has 0 aliphatic heterocycles. The summed E-state index contributed by atoms with van der Waals surface area (Å²) in [6.07, 6.45) is 4.71. The summed E-state index contributed by atoms with van der Waals surface area (Å²) in [5, 5.41) is 5.93. The Bertz CT molecular complexity index is 918. The zero-order valence-electron chi connectivity index (χ0n) is 15.0. The van der Waals surface area contributed by atoms with E-state index in [0.29, 0.717) is 29.5 Å². The summed E-state index contributed by atoms with van der Waals surface area (Å²) < 4.78 is 10.6. The molecule has 0 atom stereocenters. The summed E-state index contributed by atoms with van der Waals surface area (Å²) in [5.41, 5.74) is 1.81. The normalized spacial score (nSPS) is 10.1. The van der Waals surface area contributed by atoms with E-state index in [0.717, 1.165) is 5.56 Å². The van der Waals surface area contributed by atoms with Gasteiger partial charge < -0.3 is 20.1 Å². The Morgan fingerprint density at radius 2 is 2.00 bits per heavy atom. The summed E-state index contributed by atoms with van der Waals surface area (Å²) in [5.74, 6) is 1.45. The first kappa shape index (κ1) is 18.1. The van der Waals surface area contributed by atoms with Gasteiger partial charge in [-0.1, -0.05) is 6.07 Å². The van der Waals surface area contributed by atoms with Crippen LogP contribution in [-0.2, 0) is 6.54 Å². The number of amides is 1. The quantitative estimate of drug-likeness (QED) is 0.664. The van der Waals surface area contributed by atoms with Crippen molar-refractivity contribution in [2.45, 2.75) is 6.54 Å². The molecule has 138 valence electrons. The van der Waals surface area contributed by atoms with Crippen LogP contribution in [0.5, 0.6) is 11.5 Å². The minimum Gasteiger partial charge on any atom is -0.497 e. The lowest BCUT2D eigenvalue weighted by molar-refractivity contribution is 0.0945. The van der Waals surface area contributed by atoms with Gasteiger partial charge >= 0.3 is 0 Å². The van der Waals surface area contributed by atoms with Crippen LogP contribution in [0, 0.1) is 0 Å². The monoisotopic (exact) mass is 365 g/mol. The molecule has 8 nitrogen and oxygen atoms in total. The minimum absolute atomic E-state index is 0.248. The first-order valence-corrected chi connectivity index (χ1v) is 8.18.